The first-order valence-corrected chi connectivity index (χ1v) is 5.86. The molecular formula is C12H17ClO. The lowest BCUT2D eigenvalue weighted by Crippen LogP contribution is -2.29. The Hall–Kier alpha value is -0.300. The monoisotopic (exact) mass is 212 g/mol. The molecule has 2 saturated carbocycles. The molecule has 2 aliphatic carbocycles. The van der Waals surface area contributed by atoms with Gasteiger partial charge in [-0.05, 0) is 44.4 Å². The Bertz CT molecular complexity index is 271. The first-order valence-electron chi connectivity index (χ1n) is 5.42. The van der Waals surface area contributed by atoms with Crippen LogP contribution in [0.2, 0.25) is 0 Å². The van der Waals surface area contributed by atoms with Crippen LogP contribution in [0.1, 0.15) is 39.0 Å². The third-order valence-electron chi connectivity index (χ3n) is 4.05. The number of fused-ring (bicyclic) bond motifs is 2. The molecule has 1 nitrogen and oxygen atoms in total. The summed E-state index contributed by atoms with van der Waals surface area (Å²) in [7, 11) is 0. The minimum absolute atomic E-state index is 0.0572. The van der Waals surface area contributed by atoms with Gasteiger partial charge in [0.15, 0.2) is 0 Å². The zero-order chi connectivity index (χ0) is 10.2. The van der Waals surface area contributed by atoms with Crippen LogP contribution in [0.4, 0.5) is 0 Å². The molecule has 2 fully saturated rings. The van der Waals surface area contributed by atoms with Crippen molar-refractivity contribution in [1.82, 2.24) is 0 Å². The number of rotatable bonds is 3. The van der Waals surface area contributed by atoms with Crippen LogP contribution in [0, 0.1) is 17.3 Å². The molecule has 0 spiro atoms. The van der Waals surface area contributed by atoms with Crippen LogP contribution in [-0.2, 0) is 4.79 Å². The van der Waals surface area contributed by atoms with Crippen LogP contribution in [-0.4, -0.2) is 6.29 Å². The molecule has 2 rings (SSSR count). The highest BCUT2D eigenvalue weighted by atomic mass is 35.5. The van der Waals surface area contributed by atoms with Gasteiger partial charge in [0.25, 0.3) is 0 Å². The van der Waals surface area contributed by atoms with Crippen LogP contribution in [0.5, 0.6) is 0 Å². The van der Waals surface area contributed by atoms with E-state index in [9.17, 15) is 4.79 Å². The van der Waals surface area contributed by atoms with Gasteiger partial charge in [0.2, 0.25) is 0 Å². The highest BCUT2D eigenvalue weighted by molar-refractivity contribution is 6.25. The fourth-order valence-electron chi connectivity index (χ4n) is 3.45. The van der Waals surface area contributed by atoms with E-state index in [-0.39, 0.29) is 5.41 Å². The summed E-state index contributed by atoms with van der Waals surface area (Å²) in [6, 6.07) is 0. The Morgan fingerprint density at radius 3 is 2.79 bits per heavy atom. The van der Waals surface area contributed by atoms with E-state index in [1.54, 1.807) is 5.54 Å². The fraction of sp³-hybridized carbons (Fsp3) is 0.750. The van der Waals surface area contributed by atoms with Crippen LogP contribution < -0.4 is 0 Å². The molecule has 14 heavy (non-hydrogen) atoms. The Labute approximate surface area is 90.5 Å². The van der Waals surface area contributed by atoms with Gasteiger partial charge >= 0.3 is 0 Å². The predicted molar refractivity (Wildman–Crippen MR) is 58.2 cm³/mol. The SMILES string of the molecule is C/C(=C\Cl)CC1(C=O)CC2CCC1C2. The predicted octanol–water partition coefficient (Wildman–Crippen LogP) is 3.52. The smallest absolute Gasteiger partial charge is 0.126 e. The van der Waals surface area contributed by atoms with Gasteiger partial charge in [-0.2, -0.15) is 0 Å². The minimum Gasteiger partial charge on any atom is -0.303 e. The summed E-state index contributed by atoms with van der Waals surface area (Å²) < 4.78 is 0. The van der Waals surface area contributed by atoms with E-state index < -0.39 is 0 Å². The van der Waals surface area contributed by atoms with Crippen molar-refractivity contribution >= 4 is 17.9 Å². The molecule has 2 aliphatic rings. The van der Waals surface area contributed by atoms with Gasteiger partial charge in [-0.1, -0.05) is 23.6 Å². The van der Waals surface area contributed by atoms with Crippen molar-refractivity contribution < 1.29 is 4.79 Å². The zero-order valence-corrected chi connectivity index (χ0v) is 9.39. The first-order chi connectivity index (χ1) is 6.70. The Balaban J connectivity index is 2.15. The van der Waals surface area contributed by atoms with E-state index in [2.05, 4.69) is 0 Å². The summed E-state index contributed by atoms with van der Waals surface area (Å²) in [5.41, 5.74) is 2.71. The average molecular weight is 213 g/mol. The molecule has 78 valence electrons. The zero-order valence-electron chi connectivity index (χ0n) is 8.63. The lowest BCUT2D eigenvalue weighted by Gasteiger charge is -2.32. The van der Waals surface area contributed by atoms with Crippen molar-refractivity contribution in [1.29, 1.82) is 0 Å². The second-order valence-corrected chi connectivity index (χ2v) is 5.28. The van der Waals surface area contributed by atoms with Crippen LogP contribution in [0.25, 0.3) is 0 Å². The summed E-state index contributed by atoms with van der Waals surface area (Å²) in [6.45, 7) is 2.02. The Morgan fingerprint density at radius 2 is 2.36 bits per heavy atom. The fourth-order valence-corrected chi connectivity index (χ4v) is 3.52. The summed E-state index contributed by atoms with van der Waals surface area (Å²) in [6.07, 6.45) is 7.04. The van der Waals surface area contributed by atoms with Crippen LogP contribution in [0.3, 0.4) is 0 Å². The van der Waals surface area contributed by atoms with Crippen LogP contribution in [0.15, 0.2) is 11.1 Å². The minimum atomic E-state index is -0.0572. The molecule has 0 aromatic carbocycles. The van der Waals surface area contributed by atoms with Crippen molar-refractivity contribution in [3.63, 3.8) is 0 Å². The summed E-state index contributed by atoms with van der Waals surface area (Å²) in [4.78, 5) is 11.3. The number of allylic oxidation sites excluding steroid dienone is 1. The van der Waals surface area contributed by atoms with Gasteiger partial charge in [-0.15, -0.1) is 0 Å². The standard InChI is InChI=1S/C12H17ClO/c1-9(7-13)5-12(8-14)6-10-2-3-11(12)4-10/h7-8,10-11H,2-6H2,1H3/b9-7+. The highest BCUT2D eigenvalue weighted by Gasteiger charge is 2.50. The largest absolute Gasteiger partial charge is 0.303 e. The molecule has 0 aromatic heterocycles. The number of carbonyl (C=O) groups is 1. The van der Waals surface area contributed by atoms with E-state index >= 15 is 0 Å². The number of hydrogen-bond donors (Lipinski definition) is 0. The van der Waals surface area contributed by atoms with Crippen molar-refractivity contribution in [3.05, 3.63) is 11.1 Å². The molecule has 0 saturated heterocycles. The van der Waals surface area contributed by atoms with Crippen molar-refractivity contribution in [3.8, 4) is 0 Å². The van der Waals surface area contributed by atoms with Gasteiger partial charge < -0.3 is 4.79 Å². The van der Waals surface area contributed by atoms with E-state index in [1.165, 1.54) is 25.5 Å². The summed E-state index contributed by atoms with van der Waals surface area (Å²) in [5, 5.41) is 0. The van der Waals surface area contributed by atoms with Crippen molar-refractivity contribution in [2.24, 2.45) is 17.3 Å². The second-order valence-electron chi connectivity index (χ2n) is 5.06. The molecule has 3 atom stereocenters. The normalized spacial score (nSPS) is 41.7. The highest BCUT2D eigenvalue weighted by Crippen LogP contribution is 2.57. The number of carbonyl (C=O) groups excluding carboxylic acids is 1. The average Bonchev–Trinajstić information content (AvgIpc) is 2.77. The molecule has 3 unspecified atom stereocenters. The first kappa shape index (κ1) is 10.2. The van der Waals surface area contributed by atoms with Gasteiger partial charge in [0.05, 0.1) is 0 Å². The molecular weight excluding hydrogens is 196 g/mol. The van der Waals surface area contributed by atoms with E-state index in [1.807, 2.05) is 6.92 Å². The lowest BCUT2D eigenvalue weighted by atomic mass is 9.71. The molecule has 0 amide bonds. The Kier molecular flexibility index (Phi) is 2.70. The van der Waals surface area contributed by atoms with E-state index in [4.69, 9.17) is 11.6 Å². The van der Waals surface area contributed by atoms with E-state index in [0.717, 1.165) is 24.3 Å². The number of hydrogen-bond acceptors (Lipinski definition) is 1. The van der Waals surface area contributed by atoms with Gasteiger partial charge in [0.1, 0.15) is 6.29 Å². The third kappa shape index (κ3) is 1.52. The van der Waals surface area contributed by atoms with Crippen LogP contribution >= 0.6 is 11.6 Å². The Morgan fingerprint density at radius 1 is 1.57 bits per heavy atom. The van der Waals surface area contributed by atoms with Gasteiger partial charge in [0, 0.05) is 11.0 Å². The van der Waals surface area contributed by atoms with Crippen molar-refractivity contribution in [2.75, 3.05) is 0 Å². The molecule has 2 heteroatoms. The quantitative estimate of drug-likeness (QED) is 0.655. The van der Waals surface area contributed by atoms with E-state index in [0.29, 0.717) is 5.92 Å². The molecule has 0 radical (unpaired) electrons. The molecule has 0 N–H and O–H groups in total. The summed E-state index contributed by atoms with van der Waals surface area (Å²) in [5.74, 6) is 1.45. The summed E-state index contributed by atoms with van der Waals surface area (Å²) >= 11 is 5.67. The molecule has 0 heterocycles. The second kappa shape index (κ2) is 3.69. The maximum absolute atomic E-state index is 11.3. The number of aldehydes is 1. The molecule has 0 aromatic rings. The molecule has 2 bridgehead atoms. The topological polar surface area (TPSA) is 17.1 Å². The molecule has 0 aliphatic heterocycles. The lowest BCUT2D eigenvalue weighted by molar-refractivity contribution is -0.118. The van der Waals surface area contributed by atoms with Gasteiger partial charge in [-0.3, -0.25) is 0 Å². The maximum atomic E-state index is 11.3. The van der Waals surface area contributed by atoms with Crippen molar-refractivity contribution in [2.45, 2.75) is 39.0 Å². The third-order valence-corrected chi connectivity index (χ3v) is 4.42. The van der Waals surface area contributed by atoms with Gasteiger partial charge in [-0.25, -0.2) is 0 Å². The maximum Gasteiger partial charge on any atom is 0.126 e. The number of halogens is 1.